The number of nitrogens with zero attached hydrogens (tertiary/aromatic N) is 1. The molecule has 0 aliphatic heterocycles. The van der Waals surface area contributed by atoms with Crippen LogP contribution >= 0.6 is 43.2 Å². The van der Waals surface area contributed by atoms with Crippen molar-refractivity contribution in [1.82, 2.24) is 4.90 Å². The van der Waals surface area contributed by atoms with Crippen LogP contribution < -0.4 is 0 Å². The monoisotopic (exact) mass is 387 g/mol. The van der Waals surface area contributed by atoms with Gasteiger partial charge in [-0.2, -0.15) is 0 Å². The quantitative estimate of drug-likeness (QED) is 0.755. The first-order chi connectivity index (χ1) is 8.58. The van der Waals surface area contributed by atoms with Crippen molar-refractivity contribution in [3.63, 3.8) is 0 Å². The molecular weight excluding hydrogens is 378 g/mol. The maximum absolute atomic E-state index is 12.3. The molecule has 0 unspecified atom stereocenters. The highest BCUT2D eigenvalue weighted by Gasteiger charge is 2.15. The smallest absolute Gasteiger partial charge is 0.255 e. The van der Waals surface area contributed by atoms with Crippen LogP contribution in [0.25, 0.3) is 0 Å². The van der Waals surface area contributed by atoms with Crippen molar-refractivity contribution in [3.8, 4) is 0 Å². The summed E-state index contributed by atoms with van der Waals surface area (Å²) in [5.74, 6) is 0.0165. The molecule has 0 aliphatic rings. The molecule has 0 N–H and O–H groups in total. The van der Waals surface area contributed by atoms with Crippen molar-refractivity contribution < 1.29 is 4.79 Å². The molecule has 2 nitrogen and oxygen atoms in total. The van der Waals surface area contributed by atoms with Gasteiger partial charge >= 0.3 is 0 Å². The molecule has 1 heterocycles. The lowest BCUT2D eigenvalue weighted by atomic mass is 10.2. The van der Waals surface area contributed by atoms with Crippen LogP contribution in [0.2, 0.25) is 0 Å². The van der Waals surface area contributed by atoms with Gasteiger partial charge in [-0.15, -0.1) is 11.3 Å². The van der Waals surface area contributed by atoms with Gasteiger partial charge in [-0.25, -0.2) is 0 Å². The number of hydrogen-bond donors (Lipinski definition) is 0. The molecule has 0 radical (unpaired) electrons. The second-order valence-corrected chi connectivity index (χ2v) is 6.67. The van der Waals surface area contributed by atoms with Gasteiger partial charge in [-0.1, -0.05) is 22.0 Å². The fourth-order valence-corrected chi connectivity index (χ4v) is 3.55. The van der Waals surface area contributed by atoms with Crippen LogP contribution in [0.5, 0.6) is 0 Å². The van der Waals surface area contributed by atoms with Crippen molar-refractivity contribution in [2.24, 2.45) is 0 Å². The van der Waals surface area contributed by atoms with Gasteiger partial charge in [0, 0.05) is 20.9 Å². The molecule has 1 amide bonds. The van der Waals surface area contributed by atoms with Gasteiger partial charge in [-0.3, -0.25) is 4.79 Å². The Balaban J connectivity index is 2.15. The number of benzene rings is 1. The summed E-state index contributed by atoms with van der Waals surface area (Å²) >= 11 is 8.45. The third-order valence-corrected chi connectivity index (χ3v) is 4.49. The van der Waals surface area contributed by atoms with Gasteiger partial charge in [0.1, 0.15) is 0 Å². The molecule has 0 bridgehead atoms. The van der Waals surface area contributed by atoms with E-state index in [0.29, 0.717) is 12.1 Å². The highest BCUT2D eigenvalue weighted by molar-refractivity contribution is 9.11. The number of hydrogen-bond acceptors (Lipinski definition) is 2. The summed E-state index contributed by atoms with van der Waals surface area (Å²) in [5, 5.41) is 2.02. The Hall–Kier alpha value is -0.650. The van der Waals surface area contributed by atoms with E-state index in [2.05, 4.69) is 31.9 Å². The Morgan fingerprint density at radius 1 is 1.33 bits per heavy atom. The van der Waals surface area contributed by atoms with Crippen LogP contribution in [0.4, 0.5) is 0 Å². The number of rotatable bonds is 3. The van der Waals surface area contributed by atoms with E-state index in [1.54, 1.807) is 16.2 Å². The van der Waals surface area contributed by atoms with Crippen molar-refractivity contribution >= 4 is 49.1 Å². The van der Waals surface area contributed by atoms with Crippen molar-refractivity contribution in [1.29, 1.82) is 0 Å². The first-order valence-corrected chi connectivity index (χ1v) is 7.77. The summed E-state index contributed by atoms with van der Waals surface area (Å²) in [4.78, 5) is 15.2. The minimum Gasteiger partial charge on any atom is -0.337 e. The zero-order valence-electron chi connectivity index (χ0n) is 9.69. The van der Waals surface area contributed by atoms with Gasteiger partial charge in [0.05, 0.1) is 12.1 Å². The Morgan fingerprint density at radius 3 is 2.72 bits per heavy atom. The molecule has 0 atom stereocenters. The predicted molar refractivity (Wildman–Crippen MR) is 82.0 cm³/mol. The summed E-state index contributed by atoms with van der Waals surface area (Å²) < 4.78 is 1.76. The number of carbonyl (C=O) groups is 1. The number of amides is 1. The van der Waals surface area contributed by atoms with Crippen LogP contribution in [0, 0.1) is 0 Å². The van der Waals surface area contributed by atoms with Gasteiger partial charge in [0.25, 0.3) is 5.91 Å². The summed E-state index contributed by atoms with van der Waals surface area (Å²) in [5.41, 5.74) is 0.678. The molecule has 1 aromatic carbocycles. The van der Waals surface area contributed by atoms with Crippen molar-refractivity contribution in [2.75, 3.05) is 7.05 Å². The summed E-state index contributed by atoms with van der Waals surface area (Å²) in [7, 11) is 1.82. The molecule has 18 heavy (non-hydrogen) atoms. The van der Waals surface area contributed by atoms with Crippen LogP contribution in [0.15, 0.2) is 44.7 Å². The third-order valence-electron chi connectivity index (χ3n) is 2.48. The minimum atomic E-state index is 0.0165. The van der Waals surface area contributed by atoms with Gasteiger partial charge in [0.15, 0.2) is 0 Å². The number of halogens is 2. The summed E-state index contributed by atoms with van der Waals surface area (Å²) in [6, 6.07) is 9.60. The van der Waals surface area contributed by atoms with Crippen LogP contribution in [0.3, 0.4) is 0 Å². The molecule has 0 spiro atoms. The van der Waals surface area contributed by atoms with E-state index in [0.717, 1.165) is 8.95 Å². The second kappa shape index (κ2) is 5.99. The van der Waals surface area contributed by atoms with Gasteiger partial charge < -0.3 is 4.90 Å². The maximum Gasteiger partial charge on any atom is 0.255 e. The standard InChI is InChI=1S/C13H11Br2NOS/c1-16(8-10-3-2-6-18-10)13(17)11-5-4-9(14)7-12(11)15/h2-7H,8H2,1H3. The molecule has 0 aliphatic carbocycles. The van der Waals surface area contributed by atoms with Crippen LogP contribution in [-0.2, 0) is 6.54 Å². The van der Waals surface area contributed by atoms with E-state index in [-0.39, 0.29) is 5.91 Å². The largest absolute Gasteiger partial charge is 0.337 e. The molecule has 0 saturated carbocycles. The lowest BCUT2D eigenvalue weighted by Gasteiger charge is -2.17. The molecule has 1 aromatic heterocycles. The Kier molecular flexibility index (Phi) is 4.59. The lowest BCUT2D eigenvalue weighted by Crippen LogP contribution is -2.26. The molecule has 2 rings (SSSR count). The average Bonchev–Trinajstić information content (AvgIpc) is 2.81. The Labute approximate surface area is 127 Å². The van der Waals surface area contributed by atoms with Crippen LogP contribution in [0.1, 0.15) is 15.2 Å². The number of carbonyl (C=O) groups excluding carboxylic acids is 1. The minimum absolute atomic E-state index is 0.0165. The molecule has 0 fully saturated rings. The zero-order valence-corrected chi connectivity index (χ0v) is 13.7. The van der Waals surface area contributed by atoms with E-state index < -0.39 is 0 Å². The van der Waals surface area contributed by atoms with Crippen LogP contribution in [-0.4, -0.2) is 17.9 Å². The fraction of sp³-hybridized carbons (Fsp3) is 0.154. The highest BCUT2D eigenvalue weighted by atomic mass is 79.9. The fourth-order valence-electron chi connectivity index (χ4n) is 1.58. The summed E-state index contributed by atoms with van der Waals surface area (Å²) in [6.07, 6.45) is 0. The zero-order chi connectivity index (χ0) is 13.1. The molecule has 5 heteroatoms. The topological polar surface area (TPSA) is 20.3 Å². The van der Waals surface area contributed by atoms with E-state index in [4.69, 9.17) is 0 Å². The predicted octanol–water partition coefficient (Wildman–Crippen LogP) is 4.55. The Bertz CT molecular complexity index is 554. The maximum atomic E-state index is 12.3. The lowest BCUT2D eigenvalue weighted by molar-refractivity contribution is 0.0785. The first kappa shape index (κ1) is 13.8. The molecular formula is C13H11Br2NOS. The van der Waals surface area contributed by atoms with Gasteiger partial charge in [-0.05, 0) is 45.6 Å². The molecule has 2 aromatic rings. The first-order valence-electron chi connectivity index (χ1n) is 5.31. The van der Waals surface area contributed by atoms with Crippen molar-refractivity contribution in [3.05, 3.63) is 55.1 Å². The molecule has 94 valence electrons. The normalized spacial score (nSPS) is 10.4. The van der Waals surface area contributed by atoms with E-state index in [9.17, 15) is 4.79 Å². The average molecular weight is 389 g/mol. The summed E-state index contributed by atoms with van der Waals surface area (Å²) in [6.45, 7) is 0.638. The van der Waals surface area contributed by atoms with Gasteiger partial charge in [0.2, 0.25) is 0 Å². The SMILES string of the molecule is CN(Cc1cccs1)C(=O)c1ccc(Br)cc1Br. The van der Waals surface area contributed by atoms with E-state index >= 15 is 0 Å². The Morgan fingerprint density at radius 2 is 2.11 bits per heavy atom. The molecule has 0 saturated heterocycles. The van der Waals surface area contributed by atoms with E-state index in [1.165, 1.54) is 4.88 Å². The highest BCUT2D eigenvalue weighted by Crippen LogP contribution is 2.23. The van der Waals surface area contributed by atoms with E-state index in [1.807, 2.05) is 42.8 Å². The number of thiophene rings is 1. The third kappa shape index (κ3) is 3.22. The van der Waals surface area contributed by atoms with Crippen molar-refractivity contribution in [2.45, 2.75) is 6.54 Å². The second-order valence-electron chi connectivity index (χ2n) is 3.86.